The van der Waals surface area contributed by atoms with Gasteiger partial charge in [0.2, 0.25) is 3.57 Å². The van der Waals surface area contributed by atoms with E-state index in [4.69, 9.17) is 32.7 Å². The zero-order valence-electron chi connectivity index (χ0n) is 68.9. The second-order valence-electron chi connectivity index (χ2n) is 26.5. The van der Waals surface area contributed by atoms with Crippen LogP contribution in [0.3, 0.4) is 0 Å². The minimum atomic E-state index is -4.67. The largest absolute Gasteiger partial charge is 0.545 e. The van der Waals surface area contributed by atoms with Crippen LogP contribution in [0.4, 0.5) is 17.1 Å². The van der Waals surface area contributed by atoms with Crippen LogP contribution in [0.15, 0.2) is 239 Å². The third-order valence-corrected chi connectivity index (χ3v) is 26.2. The van der Waals surface area contributed by atoms with Crippen molar-refractivity contribution in [1.29, 1.82) is 0 Å². The number of pyridine rings is 3. The van der Waals surface area contributed by atoms with Gasteiger partial charge in [0, 0.05) is 98.6 Å². The van der Waals surface area contributed by atoms with Gasteiger partial charge < -0.3 is 75.7 Å². The number of para-hydroxylation sites is 4. The van der Waals surface area contributed by atoms with Crippen molar-refractivity contribution < 1.29 is 96.7 Å². The summed E-state index contributed by atoms with van der Waals surface area (Å²) in [6.07, 6.45) is 0. The van der Waals surface area contributed by atoms with Gasteiger partial charge in [-0.25, -0.2) is 19.2 Å². The number of methoxy groups -OCH3 is 3. The number of carboxylic acids is 2. The molecule has 0 radical (unpaired) electrons. The Hall–Kier alpha value is -9.82. The maximum absolute atomic E-state index is 12.8. The number of aromatic amines is 3. The molecule has 664 valence electrons. The number of benzene rings is 11. The number of nitrogens with two attached hydrogens (primary N) is 1. The van der Waals surface area contributed by atoms with Gasteiger partial charge in [0.1, 0.15) is 0 Å². The van der Waals surface area contributed by atoms with Gasteiger partial charge in [-0.3, -0.25) is 33.1 Å². The summed E-state index contributed by atoms with van der Waals surface area (Å²) >= 11 is 9.98. The van der Waals surface area contributed by atoms with Gasteiger partial charge in [0.05, 0.1) is 94.2 Å². The van der Waals surface area contributed by atoms with E-state index in [1.807, 2.05) is 160 Å². The molecule has 0 fully saturated rings. The van der Waals surface area contributed by atoms with Crippen molar-refractivity contribution in [2.75, 3.05) is 84.7 Å². The maximum atomic E-state index is 12.8. The number of likely N-dealkylation sites (N-methyl/N-ethyl adjacent to an activating group) is 2. The number of H-pyrrole nitrogens is 3. The Labute approximate surface area is 814 Å². The summed E-state index contributed by atoms with van der Waals surface area (Å²) in [6.45, 7) is 15.0. The van der Waals surface area contributed by atoms with Crippen molar-refractivity contribution >= 4 is 260 Å². The van der Waals surface area contributed by atoms with Gasteiger partial charge in [-0.2, -0.15) is 8.42 Å². The molecule has 0 spiro atoms. The minimum absolute atomic E-state index is 0. The molecule has 3 aromatic heterocycles. The second-order valence-corrected chi connectivity index (χ2v) is 36.2. The lowest BCUT2D eigenvalue weighted by molar-refractivity contribution is -0.598. The van der Waals surface area contributed by atoms with Crippen LogP contribution < -0.4 is 64.3 Å². The number of aromatic carboxylic acids is 2. The lowest BCUT2D eigenvalue weighted by Gasteiger charge is -2.18. The molecule has 0 bridgehead atoms. The molecule has 11 aromatic carbocycles. The molecule has 11 N–H and O–H groups in total. The van der Waals surface area contributed by atoms with Crippen LogP contribution in [0.5, 0.6) is 0 Å². The number of amides is 2. The molecule has 127 heavy (non-hydrogen) atoms. The average Bonchev–Trinajstić information content (AvgIpc) is 0.766. The third kappa shape index (κ3) is 28.6. The number of nitrogen functional groups attached to an aromatic ring is 1. The predicted molar refractivity (Wildman–Crippen MR) is 534 cm³/mol. The van der Waals surface area contributed by atoms with Crippen LogP contribution in [0, 0.1) is 25.0 Å². The van der Waals surface area contributed by atoms with E-state index in [0.717, 1.165) is 71.7 Å². The van der Waals surface area contributed by atoms with E-state index in [1.165, 1.54) is 31.0 Å². The standard InChI is InChI=1S/2C20H22IN3O2.C15H12INO4.C15H10INO3.C13H9IO2.C8H8INO2.ClH.H2O4S/c2*1-3-24(4-2)12-11-22-20(26)17-15(21)10-9-14-18(17)23-16-8-6-5-7-13(16)19(14)25;1-21-15(20)13-10(16)6-4-8-12(13)17-11-7-3-2-5-9(11)14(18)19;1-20-15(19)12-10(16)7-6-9-13(12)17-11-5-3-2-4-8(11)14(9)18;15-13(16)11-8-4-5-9-12(11)14-10-6-2-1-3-7-10;1-12-8(11)7-5(9)3-2-4-6(7)10;;1-5(2,3)4/h2*5-10H,3-4,11-12H2,1-2H3,(H,22,26)(H,23,25);2-8,17H,1H3,(H,18,19);2-7H,1H3,(H,17,18);1-9H;2-4H,10H2,1H3;1H;(H2,1,2,3,4). The highest BCUT2D eigenvalue weighted by Crippen LogP contribution is 2.30. The van der Waals surface area contributed by atoms with E-state index in [1.54, 1.807) is 103 Å². The number of carbonyl (C=O) groups excluding carboxylic acids is 6. The minimum Gasteiger partial charge on any atom is -0.545 e. The number of carbonyl (C=O) groups is 7. The number of nitrogens with zero attached hydrogens (tertiary/aromatic N) is 2. The topological polar surface area (TPSA) is 432 Å². The highest BCUT2D eigenvalue weighted by Gasteiger charge is 2.25. The molecule has 36 heteroatoms. The second kappa shape index (κ2) is 50.8. The van der Waals surface area contributed by atoms with Gasteiger partial charge in [0.25, 0.3) is 11.8 Å². The van der Waals surface area contributed by atoms with E-state index < -0.39 is 61.5 Å². The summed E-state index contributed by atoms with van der Waals surface area (Å²) < 4.78 is 51.8. The summed E-state index contributed by atoms with van der Waals surface area (Å²) in [5, 5.41) is 32.5. The molecule has 2 amide bonds. The number of esters is 3. The molecule has 3 heterocycles. The summed E-state index contributed by atoms with van der Waals surface area (Å²) in [7, 11) is -0.693. The van der Waals surface area contributed by atoms with E-state index in [9.17, 15) is 58.2 Å². The fourth-order valence-corrected chi connectivity index (χ4v) is 18.6. The Kier molecular flexibility index (Phi) is 41.7. The van der Waals surface area contributed by atoms with Gasteiger partial charge in [0.15, 0.2) is 19.9 Å². The van der Waals surface area contributed by atoms with Crippen LogP contribution >= 0.6 is 125 Å². The van der Waals surface area contributed by atoms with Crippen LogP contribution in [-0.4, -0.2) is 163 Å². The zero-order chi connectivity index (χ0) is 92.1. The van der Waals surface area contributed by atoms with Gasteiger partial charge >= 0.3 is 55.5 Å². The smallest absolute Gasteiger partial charge is 0.394 e. The normalized spacial score (nSPS) is 10.6. The number of nitrogens with one attached hydrogen (secondary N) is 6. The van der Waals surface area contributed by atoms with E-state index in [-0.39, 0.29) is 46.1 Å². The van der Waals surface area contributed by atoms with Crippen LogP contribution in [0.25, 0.3) is 65.4 Å². The number of ether oxygens (including phenoxy) is 3. The number of carboxylic acid groups (broad SMARTS) is 2. The van der Waals surface area contributed by atoms with E-state index in [0.29, 0.717) is 118 Å². The third-order valence-electron chi connectivity index (χ3n) is 18.9. The first kappa shape index (κ1) is 104. The fraction of sp³-hybridized carbons (Fsp3) is 0.165. The molecule has 0 atom stereocenters. The van der Waals surface area contributed by atoms with Crippen molar-refractivity contribution in [3.05, 3.63) is 319 Å². The number of aromatic nitrogens is 3. The van der Waals surface area contributed by atoms with Crippen molar-refractivity contribution in [3.8, 4) is 0 Å². The molecular weight excluding hydrogens is 2350 g/mol. The van der Waals surface area contributed by atoms with Crippen LogP contribution in [-0.2, 0) is 24.6 Å². The maximum Gasteiger partial charge on any atom is 0.394 e. The highest BCUT2D eigenvalue weighted by molar-refractivity contribution is 14.1. The number of anilines is 3. The molecule has 0 saturated heterocycles. The van der Waals surface area contributed by atoms with Crippen molar-refractivity contribution in [1.82, 2.24) is 35.4 Å². The molecule has 14 aromatic rings. The Morgan fingerprint density at radius 2 is 0.764 bits per heavy atom. The van der Waals surface area contributed by atoms with Crippen molar-refractivity contribution in [2.24, 2.45) is 0 Å². The summed E-state index contributed by atoms with van der Waals surface area (Å²) in [4.78, 5) is 135. The number of hydrogen-bond acceptors (Lipinski definition) is 20. The van der Waals surface area contributed by atoms with Crippen molar-refractivity contribution in [2.45, 2.75) is 27.7 Å². The van der Waals surface area contributed by atoms with E-state index >= 15 is 0 Å². The Morgan fingerprint density at radius 3 is 1.17 bits per heavy atom. The van der Waals surface area contributed by atoms with Crippen molar-refractivity contribution in [3.63, 3.8) is 0 Å². The van der Waals surface area contributed by atoms with E-state index in [2.05, 4.69) is 141 Å². The first-order valence-corrected chi connectivity index (χ1v) is 47.3. The Morgan fingerprint density at radius 1 is 0.425 bits per heavy atom. The predicted octanol–water partition coefficient (Wildman–Crippen LogP) is 12.9. The number of hydrogen-bond donors (Lipinski definition) is 10. The average molecular weight is 2440 g/mol. The van der Waals surface area contributed by atoms with Crippen LogP contribution in [0.2, 0.25) is 0 Å². The molecule has 28 nitrogen and oxygen atoms in total. The Balaban J connectivity index is 0.000000209. The summed E-state index contributed by atoms with van der Waals surface area (Å²) in [5.41, 5.74) is 13.4. The lowest BCUT2D eigenvalue weighted by Crippen LogP contribution is -3.61. The SMILES string of the molecule is CCN(CC)CCNC(=O)c1c(I)ccc2c(=O)c3ccccc3[nH]c12.CCN(CC)CCNC(=O)c1c(I)ccc2c(=O)c3ccccc3[nH]c12.COC(=O)c1c(I)ccc2c(=O)c3ccccc3[nH]c12.COC(=O)c1c(I)cccc1Nc1ccccc1C(=O)O.COC(=O)c1c(N)cccc1I.Cl.O=C([O-])c1ccccc1[I+]c1ccccc1.O=S(=O)(O)O. The number of fused-ring (bicyclic) bond motifs is 6. The quantitative estimate of drug-likeness (QED) is 0.00797. The highest BCUT2D eigenvalue weighted by atomic mass is 127. The summed E-state index contributed by atoms with van der Waals surface area (Å²) in [6, 6.07) is 66.8. The number of halogens is 7. The monoisotopic (exact) mass is 2440 g/mol. The molecule has 0 unspecified atom stereocenters. The lowest BCUT2D eigenvalue weighted by atomic mass is 10.1. The number of rotatable bonds is 21. The molecular formula is C91H86ClI6N9O19S. The molecule has 14 rings (SSSR count). The summed E-state index contributed by atoms with van der Waals surface area (Å²) in [5.74, 6) is -3.76. The molecule has 0 aliphatic heterocycles. The van der Waals surface area contributed by atoms with Gasteiger partial charge in [-0.05, 0) is 273 Å². The molecule has 0 aliphatic carbocycles. The fourth-order valence-electron chi connectivity index (χ4n) is 12.6. The molecule has 0 aliphatic rings. The van der Waals surface area contributed by atoms with Gasteiger partial charge in [-0.15, -0.1) is 12.4 Å². The van der Waals surface area contributed by atoms with Gasteiger partial charge in [-0.1, -0.05) is 119 Å². The van der Waals surface area contributed by atoms with Crippen LogP contribution in [0.1, 0.15) is 100 Å². The Bertz CT molecular complexity index is 6450. The first-order chi connectivity index (χ1) is 60.2. The first-order valence-electron chi connectivity index (χ1n) is 38.3. The zero-order valence-corrected chi connectivity index (χ0v) is 83.5. The molecule has 0 saturated carbocycles.